The highest BCUT2D eigenvalue weighted by Crippen LogP contribution is 2.26. The SMILES string of the molecule is CC(=O)/C=C/c1c(Br)ccc(Cl)c1F. The summed E-state index contributed by atoms with van der Waals surface area (Å²) in [5.41, 5.74) is 0.285. The molecule has 0 radical (unpaired) electrons. The van der Waals surface area contributed by atoms with E-state index in [0.29, 0.717) is 4.47 Å². The van der Waals surface area contributed by atoms with E-state index in [0.717, 1.165) is 0 Å². The van der Waals surface area contributed by atoms with Gasteiger partial charge < -0.3 is 0 Å². The largest absolute Gasteiger partial charge is 0.295 e. The summed E-state index contributed by atoms with van der Waals surface area (Å²) in [7, 11) is 0. The first-order valence-electron chi connectivity index (χ1n) is 3.84. The van der Waals surface area contributed by atoms with Gasteiger partial charge in [0.05, 0.1) is 5.02 Å². The van der Waals surface area contributed by atoms with Crippen LogP contribution >= 0.6 is 27.5 Å². The summed E-state index contributed by atoms with van der Waals surface area (Å²) in [6.07, 6.45) is 2.69. The first-order chi connectivity index (χ1) is 6.52. The molecule has 0 aliphatic rings. The molecule has 0 heterocycles. The Labute approximate surface area is 94.7 Å². The minimum atomic E-state index is -0.529. The molecule has 0 amide bonds. The number of halogens is 3. The zero-order chi connectivity index (χ0) is 10.7. The summed E-state index contributed by atoms with van der Waals surface area (Å²) in [6.45, 7) is 1.40. The van der Waals surface area contributed by atoms with Gasteiger partial charge in [0, 0.05) is 10.0 Å². The summed E-state index contributed by atoms with van der Waals surface area (Å²) in [5, 5.41) is 0.0383. The Hall–Kier alpha value is -0.670. The summed E-state index contributed by atoms with van der Waals surface area (Å²) < 4.78 is 14.0. The third-order valence-corrected chi connectivity index (χ3v) is 2.55. The highest BCUT2D eigenvalue weighted by atomic mass is 79.9. The molecule has 0 unspecified atom stereocenters. The molecule has 1 rings (SSSR count). The topological polar surface area (TPSA) is 17.1 Å². The number of rotatable bonds is 2. The molecule has 0 atom stereocenters. The second-order valence-corrected chi connectivity index (χ2v) is 3.96. The molecule has 0 saturated heterocycles. The van der Waals surface area contributed by atoms with Gasteiger partial charge in [-0.15, -0.1) is 0 Å². The Morgan fingerprint density at radius 2 is 2.21 bits per heavy atom. The van der Waals surface area contributed by atoms with Crippen LogP contribution in [0.15, 0.2) is 22.7 Å². The van der Waals surface area contributed by atoms with E-state index in [4.69, 9.17) is 11.6 Å². The summed E-state index contributed by atoms with van der Waals surface area (Å²) in [5.74, 6) is -0.671. The molecule has 0 bridgehead atoms. The van der Waals surface area contributed by atoms with Crippen molar-refractivity contribution < 1.29 is 9.18 Å². The zero-order valence-corrected chi connectivity index (χ0v) is 9.69. The van der Waals surface area contributed by atoms with Crippen LogP contribution in [0.3, 0.4) is 0 Å². The van der Waals surface area contributed by atoms with Gasteiger partial charge in [-0.2, -0.15) is 0 Å². The van der Waals surface area contributed by atoms with Crippen molar-refractivity contribution in [2.24, 2.45) is 0 Å². The fourth-order valence-electron chi connectivity index (χ4n) is 0.896. The smallest absolute Gasteiger partial charge is 0.152 e. The van der Waals surface area contributed by atoms with Gasteiger partial charge in [0.15, 0.2) is 5.78 Å². The third-order valence-electron chi connectivity index (χ3n) is 1.56. The molecule has 1 aromatic rings. The first kappa shape index (κ1) is 11.4. The Morgan fingerprint density at radius 1 is 1.57 bits per heavy atom. The number of carbonyl (C=O) groups excluding carboxylic acids is 1. The molecule has 0 N–H and O–H groups in total. The van der Waals surface area contributed by atoms with Gasteiger partial charge in [0.2, 0.25) is 0 Å². The van der Waals surface area contributed by atoms with Crippen molar-refractivity contribution in [1.82, 2.24) is 0 Å². The molecule has 0 saturated carbocycles. The molecule has 14 heavy (non-hydrogen) atoms. The maximum Gasteiger partial charge on any atom is 0.152 e. The number of benzene rings is 1. The van der Waals surface area contributed by atoms with Gasteiger partial charge in [0.1, 0.15) is 5.82 Å². The van der Waals surface area contributed by atoms with E-state index in [-0.39, 0.29) is 16.4 Å². The third kappa shape index (κ3) is 2.66. The van der Waals surface area contributed by atoms with Crippen LogP contribution in [0, 0.1) is 5.82 Å². The van der Waals surface area contributed by atoms with Gasteiger partial charge in [-0.25, -0.2) is 4.39 Å². The van der Waals surface area contributed by atoms with E-state index in [1.165, 1.54) is 25.1 Å². The van der Waals surface area contributed by atoms with E-state index in [2.05, 4.69) is 15.9 Å². The van der Waals surface area contributed by atoms with Crippen LogP contribution in [0.25, 0.3) is 6.08 Å². The first-order valence-corrected chi connectivity index (χ1v) is 5.01. The zero-order valence-electron chi connectivity index (χ0n) is 7.35. The standard InChI is InChI=1S/C10H7BrClFO/c1-6(14)2-3-7-8(11)4-5-9(12)10(7)13/h2-5H,1H3/b3-2+. The number of ketones is 1. The van der Waals surface area contributed by atoms with Crippen LogP contribution in [0.5, 0.6) is 0 Å². The van der Waals surface area contributed by atoms with Crippen molar-refractivity contribution >= 4 is 39.4 Å². The van der Waals surface area contributed by atoms with E-state index >= 15 is 0 Å². The Bertz CT molecular complexity index is 401. The second-order valence-electron chi connectivity index (χ2n) is 2.70. The van der Waals surface area contributed by atoms with Crippen LogP contribution in [-0.2, 0) is 4.79 Å². The highest BCUT2D eigenvalue weighted by molar-refractivity contribution is 9.10. The number of hydrogen-bond donors (Lipinski definition) is 0. The normalized spacial score (nSPS) is 10.9. The molecule has 74 valence electrons. The van der Waals surface area contributed by atoms with E-state index in [1.54, 1.807) is 6.07 Å². The van der Waals surface area contributed by atoms with Crippen molar-refractivity contribution in [3.63, 3.8) is 0 Å². The average Bonchev–Trinajstić information content (AvgIpc) is 2.11. The lowest BCUT2D eigenvalue weighted by Crippen LogP contribution is -1.87. The Morgan fingerprint density at radius 3 is 2.79 bits per heavy atom. The number of carbonyl (C=O) groups is 1. The molecule has 1 nitrogen and oxygen atoms in total. The summed E-state index contributed by atoms with van der Waals surface area (Å²) >= 11 is 8.76. The van der Waals surface area contributed by atoms with Crippen molar-refractivity contribution in [2.45, 2.75) is 6.92 Å². The minimum Gasteiger partial charge on any atom is -0.295 e. The lowest BCUT2D eigenvalue weighted by Gasteiger charge is -2.01. The molecule has 0 fully saturated rings. The van der Waals surface area contributed by atoms with Gasteiger partial charge in [0.25, 0.3) is 0 Å². The van der Waals surface area contributed by atoms with Crippen molar-refractivity contribution in [1.29, 1.82) is 0 Å². The van der Waals surface area contributed by atoms with E-state index in [9.17, 15) is 9.18 Å². The van der Waals surface area contributed by atoms with Gasteiger partial charge in [-0.05, 0) is 31.2 Å². The predicted octanol–water partition coefficient (Wildman–Crippen LogP) is 3.84. The maximum atomic E-state index is 13.4. The molecule has 4 heteroatoms. The quantitative estimate of drug-likeness (QED) is 0.593. The van der Waals surface area contributed by atoms with Crippen molar-refractivity contribution in [3.8, 4) is 0 Å². The molecular formula is C10H7BrClFO. The van der Waals surface area contributed by atoms with Crippen LogP contribution < -0.4 is 0 Å². The fourth-order valence-corrected chi connectivity index (χ4v) is 1.50. The molecule has 0 aliphatic carbocycles. The van der Waals surface area contributed by atoms with E-state index in [1.807, 2.05) is 0 Å². The monoisotopic (exact) mass is 276 g/mol. The van der Waals surface area contributed by atoms with Gasteiger partial charge >= 0.3 is 0 Å². The molecule has 0 aromatic heterocycles. The number of hydrogen-bond acceptors (Lipinski definition) is 1. The van der Waals surface area contributed by atoms with Crippen LogP contribution in [0.1, 0.15) is 12.5 Å². The lowest BCUT2D eigenvalue weighted by molar-refractivity contribution is -0.112. The van der Waals surface area contributed by atoms with Crippen molar-refractivity contribution in [2.75, 3.05) is 0 Å². The van der Waals surface area contributed by atoms with Crippen LogP contribution in [0.2, 0.25) is 5.02 Å². The summed E-state index contributed by atoms with van der Waals surface area (Å²) in [4.78, 5) is 10.7. The lowest BCUT2D eigenvalue weighted by atomic mass is 10.2. The number of allylic oxidation sites excluding steroid dienone is 1. The predicted molar refractivity (Wildman–Crippen MR) is 58.8 cm³/mol. The van der Waals surface area contributed by atoms with Crippen molar-refractivity contribution in [3.05, 3.63) is 39.1 Å². The molecule has 1 aromatic carbocycles. The van der Waals surface area contributed by atoms with Crippen LogP contribution in [0.4, 0.5) is 4.39 Å². The molecular weight excluding hydrogens is 270 g/mol. The van der Waals surface area contributed by atoms with Crippen LogP contribution in [-0.4, -0.2) is 5.78 Å². The molecule has 0 spiro atoms. The van der Waals surface area contributed by atoms with E-state index < -0.39 is 5.82 Å². The maximum absolute atomic E-state index is 13.4. The van der Waals surface area contributed by atoms with Gasteiger partial charge in [-0.1, -0.05) is 27.5 Å². The fraction of sp³-hybridized carbons (Fsp3) is 0.100. The highest BCUT2D eigenvalue weighted by Gasteiger charge is 2.07. The minimum absolute atomic E-state index is 0.0383. The Balaban J connectivity index is 3.19. The summed E-state index contributed by atoms with van der Waals surface area (Å²) in [6, 6.07) is 3.08. The molecule has 0 aliphatic heterocycles. The van der Waals surface area contributed by atoms with Gasteiger partial charge in [-0.3, -0.25) is 4.79 Å². The average molecular weight is 278 g/mol. The Kier molecular flexibility index (Phi) is 3.84. The second kappa shape index (κ2) is 4.71.